The zero-order valence-electron chi connectivity index (χ0n) is 20.7. The van der Waals surface area contributed by atoms with Crippen LogP contribution in [0.2, 0.25) is 0 Å². The van der Waals surface area contributed by atoms with Crippen molar-refractivity contribution in [2.45, 2.75) is 50.5 Å². The number of ether oxygens (including phenoxy) is 1. The van der Waals surface area contributed by atoms with Gasteiger partial charge in [0, 0.05) is 12.3 Å². The first-order valence-corrected chi connectivity index (χ1v) is 11.9. The first-order chi connectivity index (χ1) is 17.8. The lowest BCUT2D eigenvalue weighted by Crippen LogP contribution is -2.49. The van der Waals surface area contributed by atoms with Gasteiger partial charge in [-0.2, -0.15) is 13.2 Å². The molecule has 3 heterocycles. The quantitative estimate of drug-likeness (QED) is 0.375. The summed E-state index contributed by atoms with van der Waals surface area (Å²) in [4.78, 5) is 25.7. The van der Waals surface area contributed by atoms with Crippen LogP contribution in [0, 0.1) is 5.92 Å². The van der Waals surface area contributed by atoms with E-state index in [1.54, 1.807) is 19.2 Å². The van der Waals surface area contributed by atoms with Crippen molar-refractivity contribution >= 4 is 17.3 Å². The van der Waals surface area contributed by atoms with E-state index >= 15 is 0 Å². The molecule has 0 saturated heterocycles. The highest BCUT2D eigenvalue weighted by molar-refractivity contribution is 6.06. The number of aliphatic hydroxyl groups excluding tert-OH is 1. The van der Waals surface area contributed by atoms with Crippen molar-refractivity contribution in [3.63, 3.8) is 0 Å². The lowest BCUT2D eigenvalue weighted by Gasteiger charge is -2.43. The van der Waals surface area contributed by atoms with Gasteiger partial charge in [-0.1, -0.05) is 13.0 Å². The summed E-state index contributed by atoms with van der Waals surface area (Å²) in [5.74, 6) is -1.20. The maximum atomic E-state index is 13.2. The predicted molar refractivity (Wildman–Crippen MR) is 133 cm³/mol. The molecule has 5 N–H and O–H groups in total. The van der Waals surface area contributed by atoms with Gasteiger partial charge in [-0.25, -0.2) is 9.97 Å². The van der Waals surface area contributed by atoms with Crippen molar-refractivity contribution in [2.75, 3.05) is 17.7 Å². The SMILES string of the molecule is C[C@H]1C[C@@H](c2ccncc2NC(=O)c2nc(-c3cccc(OCC(F)(F)F)n3)ccc2N)C[C@@H](O)[C@]1(C)O. The second kappa shape index (κ2) is 10.5. The zero-order chi connectivity index (χ0) is 27.7. The van der Waals surface area contributed by atoms with Gasteiger partial charge in [0.05, 0.1) is 40.7 Å². The Labute approximate surface area is 216 Å². The lowest BCUT2D eigenvalue weighted by atomic mass is 9.69. The third-order valence-electron chi connectivity index (χ3n) is 6.87. The number of aromatic nitrogens is 3. The molecule has 0 unspecified atom stereocenters. The third kappa shape index (κ3) is 6.03. The van der Waals surface area contributed by atoms with E-state index in [2.05, 4.69) is 20.3 Å². The Morgan fingerprint density at radius 3 is 2.63 bits per heavy atom. The molecule has 0 radical (unpaired) electrons. The molecule has 3 aromatic heterocycles. The monoisotopic (exact) mass is 531 g/mol. The normalized spacial score (nSPS) is 23.6. The van der Waals surface area contributed by atoms with Gasteiger partial charge in [-0.05, 0) is 61.4 Å². The molecule has 1 fully saturated rings. The number of amides is 1. The van der Waals surface area contributed by atoms with Crippen molar-refractivity contribution in [3.8, 4) is 17.3 Å². The second-order valence-electron chi connectivity index (χ2n) is 9.63. The summed E-state index contributed by atoms with van der Waals surface area (Å²) in [6.45, 7) is 1.98. The average molecular weight is 532 g/mol. The summed E-state index contributed by atoms with van der Waals surface area (Å²) in [6, 6.07) is 8.96. The second-order valence-corrected chi connectivity index (χ2v) is 9.63. The molecular weight excluding hydrogens is 503 g/mol. The van der Waals surface area contributed by atoms with Crippen LogP contribution < -0.4 is 15.8 Å². The minimum absolute atomic E-state index is 0.0823. The maximum absolute atomic E-state index is 13.2. The standard InChI is InChI=1S/C26H28F3N5O4/c1-14-10-15(11-21(35)25(14,2)37)16-8-9-31-12-20(16)34-24(36)23-17(30)6-7-19(33-23)18-4-3-5-22(32-18)38-13-26(27,28)29/h3-9,12,14-15,21,35,37H,10-11,13,30H2,1-2H3,(H,34,36)/t14-,15+,21+,25+/m0/s1. The molecule has 4 atom stereocenters. The highest BCUT2D eigenvalue weighted by Gasteiger charge is 2.43. The number of pyridine rings is 3. The van der Waals surface area contributed by atoms with Gasteiger partial charge in [-0.3, -0.25) is 9.78 Å². The average Bonchev–Trinajstić information content (AvgIpc) is 2.86. The molecule has 0 spiro atoms. The van der Waals surface area contributed by atoms with Gasteiger partial charge < -0.3 is 26.0 Å². The van der Waals surface area contributed by atoms with E-state index in [4.69, 9.17) is 10.5 Å². The van der Waals surface area contributed by atoms with Gasteiger partial charge >= 0.3 is 6.18 Å². The molecule has 4 rings (SSSR count). The fourth-order valence-corrected chi connectivity index (χ4v) is 4.49. The van der Waals surface area contributed by atoms with Crippen molar-refractivity contribution in [1.82, 2.24) is 15.0 Å². The van der Waals surface area contributed by atoms with E-state index in [9.17, 15) is 28.2 Å². The van der Waals surface area contributed by atoms with Crippen molar-refractivity contribution < 1.29 is 32.9 Å². The van der Waals surface area contributed by atoms with Crippen molar-refractivity contribution in [3.05, 3.63) is 60.0 Å². The number of nitrogens with one attached hydrogen (secondary N) is 1. The first kappa shape index (κ1) is 27.3. The molecule has 202 valence electrons. The van der Waals surface area contributed by atoms with Crippen LogP contribution >= 0.6 is 0 Å². The summed E-state index contributed by atoms with van der Waals surface area (Å²) in [6.07, 6.45) is -1.49. The number of nitrogens with two attached hydrogens (primary N) is 1. The summed E-state index contributed by atoms with van der Waals surface area (Å²) >= 11 is 0. The van der Waals surface area contributed by atoms with Crippen molar-refractivity contribution in [2.24, 2.45) is 5.92 Å². The third-order valence-corrected chi connectivity index (χ3v) is 6.87. The molecule has 3 aromatic rings. The Kier molecular flexibility index (Phi) is 7.56. The number of carbonyl (C=O) groups excluding carboxylic acids is 1. The minimum atomic E-state index is -4.51. The van der Waals surface area contributed by atoms with Crippen LogP contribution in [0.25, 0.3) is 11.4 Å². The summed E-state index contributed by atoms with van der Waals surface area (Å²) in [5.41, 5.74) is 6.35. The van der Waals surface area contributed by atoms with Crippen LogP contribution in [0.15, 0.2) is 48.8 Å². The highest BCUT2D eigenvalue weighted by atomic mass is 19.4. The van der Waals surface area contributed by atoms with Crippen LogP contribution in [0.5, 0.6) is 5.88 Å². The number of carbonyl (C=O) groups is 1. The number of halogens is 3. The molecule has 38 heavy (non-hydrogen) atoms. The number of hydrogen-bond donors (Lipinski definition) is 4. The number of aliphatic hydroxyl groups is 2. The molecule has 0 bridgehead atoms. The van der Waals surface area contributed by atoms with Gasteiger partial charge in [-0.15, -0.1) is 0 Å². The molecule has 12 heteroatoms. The number of rotatable bonds is 6. The minimum Gasteiger partial charge on any atom is -0.468 e. The van der Waals surface area contributed by atoms with Crippen LogP contribution in [0.3, 0.4) is 0 Å². The van der Waals surface area contributed by atoms with E-state index in [1.165, 1.54) is 36.5 Å². The molecular formula is C26H28F3N5O4. The fourth-order valence-electron chi connectivity index (χ4n) is 4.49. The zero-order valence-corrected chi connectivity index (χ0v) is 20.7. The van der Waals surface area contributed by atoms with Crippen molar-refractivity contribution in [1.29, 1.82) is 0 Å². The van der Waals surface area contributed by atoms with Crippen LogP contribution in [-0.2, 0) is 0 Å². The Morgan fingerprint density at radius 2 is 1.92 bits per heavy atom. The Balaban J connectivity index is 1.57. The molecule has 1 aliphatic carbocycles. The van der Waals surface area contributed by atoms with E-state index in [0.717, 1.165) is 5.56 Å². The van der Waals surface area contributed by atoms with E-state index in [0.29, 0.717) is 18.5 Å². The maximum Gasteiger partial charge on any atom is 0.422 e. The summed E-state index contributed by atoms with van der Waals surface area (Å²) in [7, 11) is 0. The molecule has 1 aliphatic rings. The van der Waals surface area contributed by atoms with E-state index < -0.39 is 30.4 Å². The van der Waals surface area contributed by atoms with E-state index in [-0.39, 0.29) is 40.5 Å². The number of nitrogens with zero attached hydrogens (tertiary/aromatic N) is 3. The van der Waals surface area contributed by atoms with Crippen LogP contribution in [0.1, 0.15) is 48.7 Å². The van der Waals surface area contributed by atoms with Gasteiger partial charge in [0.15, 0.2) is 12.3 Å². The van der Waals surface area contributed by atoms with E-state index in [1.807, 2.05) is 6.92 Å². The highest BCUT2D eigenvalue weighted by Crippen LogP contribution is 2.43. The molecule has 0 aliphatic heterocycles. The molecule has 1 saturated carbocycles. The predicted octanol–water partition coefficient (Wildman–Crippen LogP) is 3.94. The lowest BCUT2D eigenvalue weighted by molar-refractivity contribution is -0.154. The Morgan fingerprint density at radius 1 is 1.18 bits per heavy atom. The number of hydrogen-bond acceptors (Lipinski definition) is 8. The number of anilines is 2. The number of alkyl halides is 3. The van der Waals surface area contributed by atoms with Gasteiger partial charge in [0.1, 0.15) is 0 Å². The number of nitrogen functional groups attached to an aromatic ring is 1. The topological polar surface area (TPSA) is 143 Å². The van der Waals surface area contributed by atoms with Gasteiger partial charge in [0.25, 0.3) is 5.91 Å². The molecule has 1 amide bonds. The van der Waals surface area contributed by atoms with Crippen LogP contribution in [0.4, 0.5) is 24.5 Å². The Hall–Kier alpha value is -3.77. The summed E-state index contributed by atoms with van der Waals surface area (Å²) < 4.78 is 42.2. The smallest absolute Gasteiger partial charge is 0.422 e. The fraction of sp³-hybridized carbons (Fsp3) is 0.385. The van der Waals surface area contributed by atoms with Crippen LogP contribution in [-0.4, -0.2) is 55.6 Å². The van der Waals surface area contributed by atoms with Gasteiger partial charge in [0.2, 0.25) is 5.88 Å². The largest absolute Gasteiger partial charge is 0.468 e. The molecule has 9 nitrogen and oxygen atoms in total. The first-order valence-electron chi connectivity index (χ1n) is 11.9. The Bertz CT molecular complexity index is 1300. The summed E-state index contributed by atoms with van der Waals surface area (Å²) in [5, 5.41) is 23.8. The molecule has 0 aromatic carbocycles.